The Hall–Kier alpha value is -1.10. The average Bonchev–Trinajstić information content (AvgIpc) is 2.05. The molecule has 0 atom stereocenters. The molecule has 0 bridgehead atoms. The summed E-state index contributed by atoms with van der Waals surface area (Å²) in [6.07, 6.45) is 8.37. The number of nitriles is 1. The summed E-state index contributed by atoms with van der Waals surface area (Å²) >= 11 is 0. The van der Waals surface area contributed by atoms with E-state index in [0.29, 0.717) is 0 Å². The minimum Gasteiger partial charge on any atom is -0.295 e. The lowest BCUT2D eigenvalue weighted by Crippen LogP contribution is -1.79. The van der Waals surface area contributed by atoms with E-state index >= 15 is 0 Å². The summed E-state index contributed by atoms with van der Waals surface area (Å²) in [5.74, 6) is 0.150. The second-order valence-electron chi connectivity index (χ2n) is 2.73. The van der Waals surface area contributed by atoms with E-state index in [-0.39, 0.29) is 5.78 Å². The largest absolute Gasteiger partial charge is 0.295 e. The zero-order valence-electron chi connectivity index (χ0n) is 8.84. The monoisotopic (exact) mass is 181 g/mol. The summed E-state index contributed by atoms with van der Waals surface area (Å²) in [6, 6.07) is 1.75. The zero-order valence-corrected chi connectivity index (χ0v) is 8.84. The molecule has 0 saturated carbocycles. The molecule has 0 aliphatic carbocycles. The number of allylic oxidation sites excluding steroid dienone is 2. The van der Waals surface area contributed by atoms with Gasteiger partial charge in [0.2, 0.25) is 0 Å². The minimum absolute atomic E-state index is 0.150. The molecular weight excluding hydrogens is 162 g/mol. The van der Waals surface area contributed by atoms with Gasteiger partial charge in [-0.25, -0.2) is 0 Å². The Labute approximate surface area is 81.3 Å². The van der Waals surface area contributed by atoms with Crippen LogP contribution in [0.25, 0.3) is 0 Å². The van der Waals surface area contributed by atoms with Crippen molar-refractivity contribution in [3.05, 3.63) is 12.2 Å². The molecule has 0 heterocycles. The number of unbranched alkanes of at least 4 members (excludes halogenated alkanes) is 3. The van der Waals surface area contributed by atoms with Crippen molar-refractivity contribution < 1.29 is 4.79 Å². The van der Waals surface area contributed by atoms with Crippen LogP contribution in [0, 0.1) is 11.3 Å². The third kappa shape index (κ3) is 24.8. The van der Waals surface area contributed by atoms with Gasteiger partial charge in [0.05, 0.1) is 6.07 Å². The molecule has 0 aliphatic rings. The zero-order chi connectivity index (χ0) is 10.5. The highest BCUT2D eigenvalue weighted by Gasteiger charge is 1.83. The molecule has 0 N–H and O–H groups in total. The maximum Gasteiger partial charge on any atom is 0.152 e. The summed E-state index contributed by atoms with van der Waals surface area (Å²) in [5.41, 5.74) is 0. The SMILES string of the molecule is CC#N.CCCCCC=CC(C)=O. The van der Waals surface area contributed by atoms with Crippen LogP contribution in [-0.2, 0) is 4.79 Å². The topological polar surface area (TPSA) is 40.9 Å². The van der Waals surface area contributed by atoms with Crippen LogP contribution in [0.3, 0.4) is 0 Å². The lowest BCUT2D eigenvalue weighted by molar-refractivity contribution is -0.112. The Morgan fingerprint density at radius 3 is 2.38 bits per heavy atom. The highest BCUT2D eigenvalue weighted by molar-refractivity contribution is 5.87. The van der Waals surface area contributed by atoms with Gasteiger partial charge in [0.15, 0.2) is 5.78 Å². The van der Waals surface area contributed by atoms with Crippen molar-refractivity contribution in [2.24, 2.45) is 0 Å². The van der Waals surface area contributed by atoms with Gasteiger partial charge < -0.3 is 0 Å². The molecule has 0 amide bonds. The highest BCUT2D eigenvalue weighted by Crippen LogP contribution is 1.99. The lowest BCUT2D eigenvalue weighted by atomic mass is 10.2. The van der Waals surface area contributed by atoms with Gasteiger partial charge in [-0.2, -0.15) is 5.26 Å². The van der Waals surface area contributed by atoms with E-state index in [4.69, 9.17) is 5.26 Å². The number of hydrogen-bond acceptors (Lipinski definition) is 2. The number of carbonyl (C=O) groups is 1. The number of ketones is 1. The first-order valence-corrected chi connectivity index (χ1v) is 4.67. The van der Waals surface area contributed by atoms with Gasteiger partial charge in [-0.15, -0.1) is 0 Å². The second-order valence-corrected chi connectivity index (χ2v) is 2.73. The third-order valence-corrected chi connectivity index (χ3v) is 1.33. The van der Waals surface area contributed by atoms with Crippen LogP contribution in [-0.4, -0.2) is 5.78 Å². The molecule has 0 aromatic rings. The van der Waals surface area contributed by atoms with Crippen molar-refractivity contribution in [1.82, 2.24) is 0 Å². The normalized spacial score (nSPS) is 8.77. The minimum atomic E-state index is 0.150. The molecule has 0 aromatic heterocycles. The molecule has 13 heavy (non-hydrogen) atoms. The van der Waals surface area contributed by atoms with Crippen LogP contribution in [0.5, 0.6) is 0 Å². The number of hydrogen-bond donors (Lipinski definition) is 0. The first-order valence-electron chi connectivity index (χ1n) is 4.67. The first-order chi connectivity index (χ1) is 6.18. The van der Waals surface area contributed by atoms with Crippen molar-refractivity contribution >= 4 is 5.78 Å². The fraction of sp³-hybridized carbons (Fsp3) is 0.636. The van der Waals surface area contributed by atoms with Crippen molar-refractivity contribution in [1.29, 1.82) is 5.26 Å². The Morgan fingerprint density at radius 1 is 1.46 bits per heavy atom. The van der Waals surface area contributed by atoms with Crippen LogP contribution in [0.4, 0.5) is 0 Å². The molecule has 0 aromatic carbocycles. The molecular formula is C11H19NO. The molecule has 0 rings (SSSR count). The van der Waals surface area contributed by atoms with Crippen LogP contribution in [0.2, 0.25) is 0 Å². The standard InChI is InChI=1S/C9H16O.C2H3N/c1-3-4-5-6-7-8-9(2)10;1-2-3/h7-8H,3-6H2,1-2H3;1H3. The van der Waals surface area contributed by atoms with Crippen LogP contribution < -0.4 is 0 Å². The van der Waals surface area contributed by atoms with Crippen LogP contribution in [0.15, 0.2) is 12.2 Å². The summed E-state index contributed by atoms with van der Waals surface area (Å²) in [7, 11) is 0. The van der Waals surface area contributed by atoms with E-state index < -0.39 is 0 Å². The van der Waals surface area contributed by atoms with Gasteiger partial charge >= 0.3 is 0 Å². The van der Waals surface area contributed by atoms with E-state index in [0.717, 1.165) is 6.42 Å². The molecule has 0 unspecified atom stereocenters. The Morgan fingerprint density at radius 2 is 2.00 bits per heavy atom. The van der Waals surface area contributed by atoms with Crippen molar-refractivity contribution in [3.63, 3.8) is 0 Å². The molecule has 74 valence electrons. The average molecular weight is 181 g/mol. The van der Waals surface area contributed by atoms with Gasteiger partial charge in [-0.1, -0.05) is 25.8 Å². The van der Waals surface area contributed by atoms with Gasteiger partial charge in [0.1, 0.15) is 0 Å². The number of nitrogens with zero attached hydrogens (tertiary/aromatic N) is 1. The van der Waals surface area contributed by atoms with Crippen LogP contribution >= 0.6 is 0 Å². The second kappa shape index (κ2) is 13.5. The smallest absolute Gasteiger partial charge is 0.152 e. The van der Waals surface area contributed by atoms with Gasteiger partial charge in [0, 0.05) is 6.92 Å². The quantitative estimate of drug-likeness (QED) is 0.482. The molecule has 0 radical (unpaired) electrons. The number of rotatable bonds is 5. The Balaban J connectivity index is 0. The maximum atomic E-state index is 10.4. The van der Waals surface area contributed by atoms with Crippen LogP contribution in [0.1, 0.15) is 46.5 Å². The molecule has 0 spiro atoms. The van der Waals surface area contributed by atoms with E-state index in [2.05, 4.69) is 6.92 Å². The molecule has 0 fully saturated rings. The van der Waals surface area contributed by atoms with Crippen molar-refractivity contribution in [2.75, 3.05) is 0 Å². The van der Waals surface area contributed by atoms with Crippen molar-refractivity contribution in [3.8, 4) is 6.07 Å². The number of carbonyl (C=O) groups excluding carboxylic acids is 1. The Kier molecular flexibility index (Phi) is 15.0. The van der Waals surface area contributed by atoms with Gasteiger partial charge in [0.25, 0.3) is 0 Å². The third-order valence-electron chi connectivity index (χ3n) is 1.33. The summed E-state index contributed by atoms with van der Waals surface area (Å²) in [5, 5.41) is 7.32. The van der Waals surface area contributed by atoms with Gasteiger partial charge in [-0.3, -0.25) is 4.79 Å². The fourth-order valence-corrected chi connectivity index (χ4v) is 0.761. The molecule has 2 heteroatoms. The summed E-state index contributed by atoms with van der Waals surface area (Å²) in [6.45, 7) is 5.19. The van der Waals surface area contributed by atoms with E-state index in [1.54, 1.807) is 19.1 Å². The van der Waals surface area contributed by atoms with Crippen molar-refractivity contribution in [2.45, 2.75) is 46.5 Å². The highest BCUT2D eigenvalue weighted by atomic mass is 16.1. The van der Waals surface area contributed by atoms with E-state index in [1.807, 2.05) is 6.08 Å². The predicted octanol–water partition coefficient (Wildman–Crippen LogP) is 3.24. The summed E-state index contributed by atoms with van der Waals surface area (Å²) < 4.78 is 0. The lowest BCUT2D eigenvalue weighted by Gasteiger charge is -1.89. The molecule has 0 saturated heterocycles. The maximum absolute atomic E-state index is 10.4. The fourth-order valence-electron chi connectivity index (χ4n) is 0.761. The first kappa shape index (κ1) is 14.4. The Bertz CT molecular complexity index is 177. The van der Waals surface area contributed by atoms with Gasteiger partial charge in [-0.05, 0) is 25.8 Å². The predicted molar refractivity (Wildman–Crippen MR) is 55.3 cm³/mol. The molecule has 2 nitrogen and oxygen atoms in total. The van der Waals surface area contributed by atoms with E-state index in [1.165, 1.54) is 26.2 Å². The summed E-state index contributed by atoms with van der Waals surface area (Å²) in [4.78, 5) is 10.4. The van der Waals surface area contributed by atoms with E-state index in [9.17, 15) is 4.79 Å². The molecule has 0 aliphatic heterocycles.